The van der Waals surface area contributed by atoms with E-state index in [-0.39, 0.29) is 24.5 Å². The Labute approximate surface area is 156 Å². The monoisotopic (exact) mass is 374 g/mol. The molecule has 2 unspecified atom stereocenters. The van der Waals surface area contributed by atoms with Crippen LogP contribution in [0, 0.1) is 6.92 Å². The molecule has 0 bridgehead atoms. The van der Waals surface area contributed by atoms with Gasteiger partial charge in [-0.25, -0.2) is 9.78 Å². The van der Waals surface area contributed by atoms with E-state index in [0.717, 1.165) is 19.3 Å². The van der Waals surface area contributed by atoms with Gasteiger partial charge in [-0.2, -0.15) is 0 Å². The SMILES string of the molecule is Cc1cnc(N2c3cccc(C(=O)O)c3OCC2COC2CCCCO2)o1. The molecule has 2 atom stereocenters. The number of oxazole rings is 1. The average Bonchev–Trinajstić information content (AvgIpc) is 3.11. The maximum absolute atomic E-state index is 11.6. The summed E-state index contributed by atoms with van der Waals surface area (Å²) in [5.74, 6) is -0.0607. The molecule has 0 aliphatic carbocycles. The zero-order valence-electron chi connectivity index (χ0n) is 15.1. The van der Waals surface area contributed by atoms with E-state index in [4.69, 9.17) is 18.6 Å². The van der Waals surface area contributed by atoms with Gasteiger partial charge in [-0.3, -0.25) is 4.90 Å². The van der Waals surface area contributed by atoms with E-state index in [1.54, 1.807) is 18.3 Å². The van der Waals surface area contributed by atoms with Crippen molar-refractivity contribution < 1.29 is 28.5 Å². The summed E-state index contributed by atoms with van der Waals surface area (Å²) in [5, 5.41) is 9.46. The van der Waals surface area contributed by atoms with Crippen LogP contribution in [-0.2, 0) is 9.47 Å². The Balaban J connectivity index is 1.63. The molecule has 0 amide bonds. The lowest BCUT2D eigenvalue weighted by Gasteiger charge is -2.37. The molecule has 2 aromatic rings. The lowest BCUT2D eigenvalue weighted by Crippen LogP contribution is -2.44. The Morgan fingerprint density at radius 3 is 3.00 bits per heavy atom. The maximum Gasteiger partial charge on any atom is 0.339 e. The van der Waals surface area contributed by atoms with E-state index in [1.165, 1.54) is 6.07 Å². The van der Waals surface area contributed by atoms with Crippen molar-refractivity contribution in [1.82, 2.24) is 4.98 Å². The number of aromatic carboxylic acids is 1. The zero-order valence-corrected chi connectivity index (χ0v) is 15.1. The number of hydrogen-bond donors (Lipinski definition) is 1. The van der Waals surface area contributed by atoms with Gasteiger partial charge in [0, 0.05) is 6.61 Å². The van der Waals surface area contributed by atoms with Crippen LogP contribution in [0.25, 0.3) is 0 Å². The lowest BCUT2D eigenvalue weighted by atomic mass is 10.1. The second kappa shape index (κ2) is 7.58. The van der Waals surface area contributed by atoms with Crippen molar-refractivity contribution in [3.05, 3.63) is 35.7 Å². The van der Waals surface area contributed by atoms with Gasteiger partial charge in [-0.1, -0.05) is 6.07 Å². The largest absolute Gasteiger partial charge is 0.488 e. The zero-order chi connectivity index (χ0) is 18.8. The summed E-state index contributed by atoms with van der Waals surface area (Å²) in [7, 11) is 0. The smallest absolute Gasteiger partial charge is 0.339 e. The first-order chi connectivity index (χ1) is 13.1. The number of hydrogen-bond acceptors (Lipinski definition) is 7. The highest BCUT2D eigenvalue weighted by molar-refractivity contribution is 5.94. The summed E-state index contributed by atoms with van der Waals surface area (Å²) in [4.78, 5) is 17.7. The van der Waals surface area contributed by atoms with Crippen LogP contribution in [0.1, 0.15) is 35.4 Å². The molecule has 0 saturated carbocycles. The molecule has 144 valence electrons. The Bertz CT molecular complexity index is 814. The summed E-state index contributed by atoms with van der Waals surface area (Å²) < 4.78 is 23.1. The maximum atomic E-state index is 11.6. The number of rotatable bonds is 5. The molecule has 3 heterocycles. The van der Waals surface area contributed by atoms with Gasteiger partial charge in [0.2, 0.25) is 0 Å². The van der Waals surface area contributed by atoms with Crippen LogP contribution in [0.5, 0.6) is 5.75 Å². The van der Waals surface area contributed by atoms with E-state index in [1.807, 2.05) is 11.8 Å². The van der Waals surface area contributed by atoms with Gasteiger partial charge in [0.25, 0.3) is 0 Å². The Morgan fingerprint density at radius 1 is 1.41 bits per heavy atom. The Kier molecular flexibility index (Phi) is 5.00. The lowest BCUT2D eigenvalue weighted by molar-refractivity contribution is -0.165. The second-order valence-electron chi connectivity index (χ2n) is 6.68. The van der Waals surface area contributed by atoms with Crippen LogP contribution in [0.3, 0.4) is 0 Å². The molecule has 27 heavy (non-hydrogen) atoms. The number of carboxylic acids is 1. The molecule has 0 spiro atoms. The van der Waals surface area contributed by atoms with Crippen molar-refractivity contribution in [2.45, 2.75) is 38.5 Å². The fourth-order valence-corrected chi connectivity index (χ4v) is 3.38. The topological polar surface area (TPSA) is 94.3 Å². The molecule has 1 N–H and O–H groups in total. The van der Waals surface area contributed by atoms with E-state index in [9.17, 15) is 9.90 Å². The van der Waals surface area contributed by atoms with Crippen molar-refractivity contribution >= 4 is 17.7 Å². The van der Waals surface area contributed by atoms with Crippen molar-refractivity contribution in [1.29, 1.82) is 0 Å². The number of nitrogens with zero attached hydrogens (tertiary/aromatic N) is 2. The highest BCUT2D eigenvalue weighted by atomic mass is 16.7. The molecule has 4 rings (SSSR count). The predicted octanol–water partition coefficient (Wildman–Crippen LogP) is 3.12. The van der Waals surface area contributed by atoms with Gasteiger partial charge in [0.05, 0.1) is 24.5 Å². The average molecular weight is 374 g/mol. The number of aryl methyl sites for hydroxylation is 1. The first-order valence-electron chi connectivity index (χ1n) is 9.07. The van der Waals surface area contributed by atoms with Crippen LogP contribution in [0.2, 0.25) is 0 Å². The van der Waals surface area contributed by atoms with Gasteiger partial charge in [0.15, 0.2) is 12.0 Å². The van der Waals surface area contributed by atoms with E-state index >= 15 is 0 Å². The molecule has 8 nitrogen and oxygen atoms in total. The van der Waals surface area contributed by atoms with Crippen LogP contribution >= 0.6 is 0 Å². The van der Waals surface area contributed by atoms with E-state index < -0.39 is 5.97 Å². The fraction of sp³-hybridized carbons (Fsp3) is 0.474. The van der Waals surface area contributed by atoms with E-state index in [0.29, 0.717) is 36.4 Å². The number of ether oxygens (including phenoxy) is 3. The number of benzene rings is 1. The normalized spacial score (nSPS) is 22.2. The fourth-order valence-electron chi connectivity index (χ4n) is 3.38. The van der Waals surface area contributed by atoms with Gasteiger partial charge in [0.1, 0.15) is 17.9 Å². The third kappa shape index (κ3) is 3.63. The molecular weight excluding hydrogens is 352 g/mol. The third-order valence-corrected chi connectivity index (χ3v) is 4.70. The first-order valence-corrected chi connectivity index (χ1v) is 9.07. The highest BCUT2D eigenvalue weighted by Crippen LogP contribution is 2.41. The molecular formula is C19H22N2O6. The number of aromatic nitrogens is 1. The summed E-state index contributed by atoms with van der Waals surface area (Å²) in [6.45, 7) is 3.13. The van der Waals surface area contributed by atoms with Gasteiger partial charge in [-0.05, 0) is 38.3 Å². The van der Waals surface area contributed by atoms with Crippen molar-refractivity contribution in [3.8, 4) is 5.75 Å². The quantitative estimate of drug-likeness (QED) is 0.853. The third-order valence-electron chi connectivity index (χ3n) is 4.70. The molecule has 8 heteroatoms. The molecule has 1 aromatic heterocycles. The van der Waals surface area contributed by atoms with E-state index in [2.05, 4.69) is 4.98 Å². The molecule has 0 radical (unpaired) electrons. The Hall–Kier alpha value is -2.58. The Morgan fingerprint density at radius 2 is 2.30 bits per heavy atom. The number of carboxylic acid groups (broad SMARTS) is 1. The van der Waals surface area contributed by atoms with Crippen molar-refractivity contribution in [2.24, 2.45) is 0 Å². The predicted molar refractivity (Wildman–Crippen MR) is 95.6 cm³/mol. The number of anilines is 2. The number of para-hydroxylation sites is 1. The summed E-state index contributed by atoms with van der Waals surface area (Å²) in [6.07, 6.45) is 4.41. The van der Waals surface area contributed by atoms with Crippen molar-refractivity contribution in [2.75, 3.05) is 24.7 Å². The minimum Gasteiger partial charge on any atom is -0.488 e. The van der Waals surface area contributed by atoms with Crippen LogP contribution in [-0.4, -0.2) is 48.2 Å². The summed E-state index contributed by atoms with van der Waals surface area (Å²) >= 11 is 0. The van der Waals surface area contributed by atoms with Crippen LogP contribution < -0.4 is 9.64 Å². The summed E-state index contributed by atoms with van der Waals surface area (Å²) in [5.41, 5.74) is 0.705. The van der Waals surface area contributed by atoms with Crippen LogP contribution in [0.15, 0.2) is 28.8 Å². The minimum atomic E-state index is -1.04. The van der Waals surface area contributed by atoms with Crippen LogP contribution in [0.4, 0.5) is 11.7 Å². The standard InChI is InChI=1S/C19H22N2O6/c1-12-9-20-19(27-12)21-13(10-25-16-7-2-3-8-24-16)11-26-17-14(18(22)23)5-4-6-15(17)21/h4-6,9,13,16H,2-3,7-8,10-11H2,1H3,(H,22,23). The second-order valence-corrected chi connectivity index (χ2v) is 6.68. The molecule has 1 saturated heterocycles. The minimum absolute atomic E-state index is 0.107. The van der Waals surface area contributed by atoms with Gasteiger partial charge >= 0.3 is 12.0 Å². The first kappa shape index (κ1) is 17.8. The highest BCUT2D eigenvalue weighted by Gasteiger charge is 2.35. The van der Waals surface area contributed by atoms with Crippen molar-refractivity contribution in [3.63, 3.8) is 0 Å². The summed E-state index contributed by atoms with van der Waals surface area (Å²) in [6, 6.07) is 5.17. The molecule has 1 aromatic carbocycles. The number of fused-ring (bicyclic) bond motifs is 1. The van der Waals surface area contributed by atoms with Gasteiger partial charge < -0.3 is 23.7 Å². The number of carbonyl (C=O) groups is 1. The molecule has 2 aliphatic heterocycles. The van der Waals surface area contributed by atoms with Gasteiger partial charge in [-0.15, -0.1) is 0 Å². The molecule has 2 aliphatic rings. The molecule has 1 fully saturated rings.